The molecular formula is C15H28N2O2. The number of carbonyl (C=O) groups excluding carboxylic acids is 1. The Bertz CT molecular complexity index is 311. The average Bonchev–Trinajstić information content (AvgIpc) is 2.40. The summed E-state index contributed by atoms with van der Waals surface area (Å²) in [5, 5.41) is 3.06. The zero-order chi connectivity index (χ0) is 13.9. The number of amides is 1. The van der Waals surface area contributed by atoms with Crippen molar-refractivity contribution in [2.75, 3.05) is 20.1 Å². The Balaban J connectivity index is 1.95. The summed E-state index contributed by atoms with van der Waals surface area (Å²) in [5.41, 5.74) is -0.0943. The number of morpholine rings is 1. The summed E-state index contributed by atoms with van der Waals surface area (Å²) in [6, 6.07) is 0. The van der Waals surface area contributed by atoms with E-state index < -0.39 is 6.23 Å². The fourth-order valence-corrected chi connectivity index (χ4v) is 3.03. The maximum Gasteiger partial charge on any atom is 0.264 e. The van der Waals surface area contributed by atoms with Gasteiger partial charge in [0.1, 0.15) is 0 Å². The molecule has 2 aliphatic rings. The third-order valence-electron chi connectivity index (χ3n) is 4.39. The van der Waals surface area contributed by atoms with E-state index in [4.69, 9.17) is 4.74 Å². The lowest BCUT2D eigenvalue weighted by Gasteiger charge is -2.45. The van der Waals surface area contributed by atoms with Crippen molar-refractivity contribution in [1.82, 2.24) is 10.2 Å². The Kier molecular flexibility index (Phi) is 4.85. The first kappa shape index (κ1) is 14.8. The van der Waals surface area contributed by atoms with Gasteiger partial charge in [-0.25, -0.2) is 0 Å². The van der Waals surface area contributed by atoms with E-state index in [9.17, 15) is 4.79 Å². The summed E-state index contributed by atoms with van der Waals surface area (Å²) in [6.07, 6.45) is 6.61. The molecule has 0 aromatic heterocycles. The molecule has 2 rings (SSSR count). The van der Waals surface area contributed by atoms with Crippen LogP contribution in [0.2, 0.25) is 0 Å². The van der Waals surface area contributed by atoms with Crippen molar-refractivity contribution in [3.05, 3.63) is 0 Å². The van der Waals surface area contributed by atoms with Crippen molar-refractivity contribution in [3.8, 4) is 0 Å². The second-order valence-electron chi connectivity index (χ2n) is 6.59. The topological polar surface area (TPSA) is 41.6 Å². The predicted octanol–water partition coefficient (Wildman–Crippen LogP) is 2.14. The molecular weight excluding hydrogens is 240 g/mol. The molecule has 0 radical (unpaired) electrons. The molecule has 1 saturated carbocycles. The number of nitrogens with one attached hydrogen (secondary N) is 1. The molecule has 0 bridgehead atoms. The summed E-state index contributed by atoms with van der Waals surface area (Å²) in [6.45, 7) is 6.02. The van der Waals surface area contributed by atoms with E-state index >= 15 is 0 Å². The van der Waals surface area contributed by atoms with Gasteiger partial charge in [-0.15, -0.1) is 0 Å². The van der Waals surface area contributed by atoms with Crippen LogP contribution in [0.4, 0.5) is 0 Å². The van der Waals surface area contributed by atoms with Gasteiger partial charge in [-0.2, -0.15) is 0 Å². The maximum absolute atomic E-state index is 12.0. The van der Waals surface area contributed by atoms with E-state index in [2.05, 4.69) is 24.1 Å². The SMILES string of the molecule is CC(C)CCN(C)C1OC2(CCCCC2)CNC1=O. The zero-order valence-electron chi connectivity index (χ0n) is 12.6. The number of hydrogen-bond acceptors (Lipinski definition) is 3. The lowest BCUT2D eigenvalue weighted by Crippen LogP contribution is -2.62. The minimum atomic E-state index is -0.398. The largest absolute Gasteiger partial charge is 0.350 e. The van der Waals surface area contributed by atoms with Gasteiger partial charge in [-0.05, 0) is 32.2 Å². The Morgan fingerprint density at radius 2 is 2.05 bits per heavy atom. The van der Waals surface area contributed by atoms with Gasteiger partial charge in [0.15, 0.2) is 6.23 Å². The average molecular weight is 268 g/mol. The Labute approximate surface area is 116 Å². The first-order chi connectivity index (χ1) is 9.02. The maximum atomic E-state index is 12.0. The third kappa shape index (κ3) is 3.69. The number of carbonyl (C=O) groups is 1. The molecule has 4 heteroatoms. The molecule has 1 atom stereocenters. The van der Waals surface area contributed by atoms with Crippen LogP contribution < -0.4 is 5.32 Å². The highest BCUT2D eigenvalue weighted by molar-refractivity contribution is 5.81. The van der Waals surface area contributed by atoms with Crippen LogP contribution in [0.3, 0.4) is 0 Å². The van der Waals surface area contributed by atoms with Gasteiger partial charge in [0.25, 0.3) is 5.91 Å². The first-order valence-corrected chi connectivity index (χ1v) is 7.68. The molecule has 4 nitrogen and oxygen atoms in total. The Morgan fingerprint density at radius 3 is 2.68 bits per heavy atom. The molecule has 1 aliphatic carbocycles. The van der Waals surface area contributed by atoms with E-state index in [0.29, 0.717) is 12.5 Å². The first-order valence-electron chi connectivity index (χ1n) is 7.68. The van der Waals surface area contributed by atoms with Crippen molar-refractivity contribution >= 4 is 5.91 Å². The van der Waals surface area contributed by atoms with E-state index in [1.54, 1.807) is 0 Å². The Morgan fingerprint density at radius 1 is 1.37 bits per heavy atom. The minimum Gasteiger partial charge on any atom is -0.350 e. The molecule has 19 heavy (non-hydrogen) atoms. The molecule has 0 aromatic rings. The molecule has 1 N–H and O–H groups in total. The van der Waals surface area contributed by atoms with Crippen LogP contribution in [0.15, 0.2) is 0 Å². The van der Waals surface area contributed by atoms with Gasteiger partial charge in [-0.3, -0.25) is 9.69 Å². The van der Waals surface area contributed by atoms with Crippen molar-refractivity contribution in [2.24, 2.45) is 5.92 Å². The quantitative estimate of drug-likeness (QED) is 0.849. The van der Waals surface area contributed by atoms with Gasteiger partial charge in [0, 0.05) is 13.1 Å². The smallest absolute Gasteiger partial charge is 0.264 e. The van der Waals surface area contributed by atoms with Crippen LogP contribution in [0.25, 0.3) is 0 Å². The van der Waals surface area contributed by atoms with Crippen LogP contribution in [0, 0.1) is 5.92 Å². The van der Waals surface area contributed by atoms with Crippen molar-refractivity contribution in [2.45, 2.75) is 64.2 Å². The number of ether oxygens (including phenoxy) is 1. The van der Waals surface area contributed by atoms with E-state index in [1.165, 1.54) is 19.3 Å². The summed E-state index contributed by atoms with van der Waals surface area (Å²) in [4.78, 5) is 14.1. The highest BCUT2D eigenvalue weighted by Crippen LogP contribution is 2.34. The molecule has 1 unspecified atom stereocenters. The standard InChI is InChI=1S/C15H28N2O2/c1-12(2)7-10-17(3)14-13(18)16-11-15(19-14)8-5-4-6-9-15/h12,14H,4-11H2,1-3H3,(H,16,18). The summed E-state index contributed by atoms with van der Waals surface area (Å²) in [7, 11) is 1.99. The molecule has 2 fully saturated rings. The molecule has 1 aliphatic heterocycles. The highest BCUT2D eigenvalue weighted by Gasteiger charge is 2.43. The lowest BCUT2D eigenvalue weighted by atomic mass is 9.83. The molecule has 1 saturated heterocycles. The third-order valence-corrected chi connectivity index (χ3v) is 4.39. The van der Waals surface area contributed by atoms with E-state index in [1.807, 2.05) is 7.05 Å². The van der Waals surface area contributed by atoms with Gasteiger partial charge in [0.05, 0.1) is 5.60 Å². The molecule has 1 spiro atoms. The second kappa shape index (κ2) is 6.23. The molecule has 1 heterocycles. The summed E-state index contributed by atoms with van der Waals surface area (Å²) in [5.74, 6) is 0.681. The zero-order valence-corrected chi connectivity index (χ0v) is 12.6. The highest BCUT2D eigenvalue weighted by atomic mass is 16.5. The van der Waals surface area contributed by atoms with Crippen LogP contribution in [0.1, 0.15) is 52.4 Å². The summed E-state index contributed by atoms with van der Waals surface area (Å²) < 4.78 is 6.24. The molecule has 110 valence electrons. The van der Waals surface area contributed by atoms with Crippen LogP contribution >= 0.6 is 0 Å². The molecule has 1 amide bonds. The van der Waals surface area contributed by atoms with Crippen molar-refractivity contribution in [1.29, 1.82) is 0 Å². The number of rotatable bonds is 4. The normalized spacial score (nSPS) is 27.0. The van der Waals surface area contributed by atoms with Crippen molar-refractivity contribution < 1.29 is 9.53 Å². The van der Waals surface area contributed by atoms with Crippen molar-refractivity contribution in [3.63, 3.8) is 0 Å². The predicted molar refractivity (Wildman–Crippen MR) is 75.8 cm³/mol. The van der Waals surface area contributed by atoms with Crippen LogP contribution in [-0.2, 0) is 9.53 Å². The van der Waals surface area contributed by atoms with Crippen LogP contribution in [-0.4, -0.2) is 42.8 Å². The van der Waals surface area contributed by atoms with Gasteiger partial charge in [0.2, 0.25) is 0 Å². The minimum absolute atomic E-state index is 0.0301. The van der Waals surface area contributed by atoms with E-state index in [0.717, 1.165) is 25.8 Å². The monoisotopic (exact) mass is 268 g/mol. The van der Waals surface area contributed by atoms with Gasteiger partial charge in [-0.1, -0.05) is 33.1 Å². The van der Waals surface area contributed by atoms with Gasteiger partial charge >= 0.3 is 0 Å². The van der Waals surface area contributed by atoms with Crippen LogP contribution in [0.5, 0.6) is 0 Å². The number of hydrogen-bond donors (Lipinski definition) is 1. The van der Waals surface area contributed by atoms with E-state index in [-0.39, 0.29) is 11.5 Å². The fraction of sp³-hybridized carbons (Fsp3) is 0.933. The summed E-state index contributed by atoms with van der Waals surface area (Å²) >= 11 is 0. The fourth-order valence-electron chi connectivity index (χ4n) is 3.03. The lowest BCUT2D eigenvalue weighted by molar-refractivity contribution is -0.194. The van der Waals surface area contributed by atoms with Gasteiger partial charge < -0.3 is 10.1 Å². The number of nitrogens with zero attached hydrogens (tertiary/aromatic N) is 1. The number of likely N-dealkylation sites (N-methyl/N-ethyl adjacent to an activating group) is 1. The Hall–Kier alpha value is -0.610. The second-order valence-corrected chi connectivity index (χ2v) is 6.59. The molecule has 0 aromatic carbocycles.